The molecular formula is C31H42N4O4. The number of furan rings is 1. The first-order valence-electron chi connectivity index (χ1n) is 14.2. The highest BCUT2D eigenvalue weighted by molar-refractivity contribution is 5.91. The third kappa shape index (κ3) is 7.25. The molecule has 0 radical (unpaired) electrons. The fourth-order valence-corrected chi connectivity index (χ4v) is 5.03. The molecule has 8 heteroatoms. The van der Waals surface area contributed by atoms with E-state index in [4.69, 9.17) is 9.15 Å². The number of amides is 2. The second-order valence-corrected chi connectivity index (χ2v) is 10.5. The minimum atomic E-state index is -0.0832. The molecular weight excluding hydrogens is 492 g/mol. The molecule has 2 amide bonds. The normalized spacial score (nSPS) is 13.7. The van der Waals surface area contributed by atoms with E-state index in [-0.39, 0.29) is 11.8 Å². The summed E-state index contributed by atoms with van der Waals surface area (Å²) in [5.41, 5.74) is 2.12. The molecule has 210 valence electrons. The Labute approximate surface area is 232 Å². The van der Waals surface area contributed by atoms with Crippen LogP contribution < -0.4 is 9.64 Å². The molecule has 8 nitrogen and oxygen atoms in total. The Hall–Kier alpha value is -3.68. The summed E-state index contributed by atoms with van der Waals surface area (Å²) >= 11 is 0. The average molecular weight is 535 g/mol. The highest BCUT2D eigenvalue weighted by atomic mass is 16.5. The molecule has 39 heavy (non-hydrogen) atoms. The first-order chi connectivity index (χ1) is 18.9. The van der Waals surface area contributed by atoms with Gasteiger partial charge in [0.15, 0.2) is 5.76 Å². The van der Waals surface area contributed by atoms with Gasteiger partial charge in [0.2, 0.25) is 5.91 Å². The Morgan fingerprint density at radius 2 is 1.77 bits per heavy atom. The van der Waals surface area contributed by atoms with Crippen molar-refractivity contribution in [3.8, 4) is 5.75 Å². The lowest BCUT2D eigenvalue weighted by Gasteiger charge is -2.36. The zero-order valence-corrected chi connectivity index (χ0v) is 23.8. The number of rotatable bonds is 12. The quantitative estimate of drug-likeness (QED) is 0.316. The number of ether oxygens (including phenoxy) is 1. The average Bonchev–Trinajstić information content (AvgIpc) is 3.58. The van der Waals surface area contributed by atoms with Gasteiger partial charge in [0.25, 0.3) is 5.91 Å². The molecule has 1 aliphatic heterocycles. The Bertz CT molecular complexity index is 1220. The summed E-state index contributed by atoms with van der Waals surface area (Å²) in [5, 5.41) is 0. The van der Waals surface area contributed by atoms with E-state index in [0.29, 0.717) is 50.9 Å². The molecule has 1 fully saturated rings. The topological polar surface area (TPSA) is 71.2 Å². The fourth-order valence-electron chi connectivity index (χ4n) is 5.03. The molecule has 0 bridgehead atoms. The van der Waals surface area contributed by atoms with Crippen molar-refractivity contribution in [2.75, 3.05) is 44.2 Å². The van der Waals surface area contributed by atoms with Crippen molar-refractivity contribution >= 4 is 17.5 Å². The second kappa shape index (κ2) is 13.4. The van der Waals surface area contributed by atoms with Crippen molar-refractivity contribution < 1.29 is 18.7 Å². The van der Waals surface area contributed by atoms with Gasteiger partial charge in [0.05, 0.1) is 25.4 Å². The fraction of sp³-hybridized carbons (Fsp3) is 0.484. The summed E-state index contributed by atoms with van der Waals surface area (Å²) in [6.45, 7) is 13.4. The van der Waals surface area contributed by atoms with Crippen LogP contribution >= 0.6 is 0 Å². The van der Waals surface area contributed by atoms with Gasteiger partial charge in [-0.25, -0.2) is 0 Å². The lowest BCUT2D eigenvalue weighted by atomic mass is 10.1. The molecule has 0 saturated carbocycles. The monoisotopic (exact) mass is 534 g/mol. The molecule has 1 aromatic carbocycles. The largest absolute Gasteiger partial charge is 0.492 e. The van der Waals surface area contributed by atoms with Crippen molar-refractivity contribution in [2.45, 2.75) is 53.6 Å². The standard InChI is InChI=1S/C31H42N4O4/c1-5-15-35(30(36)21-24(3)4)22-25-10-9-16-34(25)23-26-13-14-29(39-26)31(37)33-19-17-32(18-20-33)27-11-7-8-12-28(27)38-6-2/h7-14,16,24H,5-6,15,17-23H2,1-4H3. The highest BCUT2D eigenvalue weighted by Crippen LogP contribution is 2.29. The van der Waals surface area contributed by atoms with Gasteiger partial charge in [-0.3, -0.25) is 9.59 Å². The van der Waals surface area contributed by atoms with Crippen LogP contribution in [0.5, 0.6) is 5.75 Å². The van der Waals surface area contributed by atoms with E-state index >= 15 is 0 Å². The van der Waals surface area contributed by atoms with Gasteiger partial charge in [-0.05, 0) is 55.7 Å². The van der Waals surface area contributed by atoms with E-state index < -0.39 is 0 Å². The highest BCUT2D eigenvalue weighted by Gasteiger charge is 2.26. The van der Waals surface area contributed by atoms with Crippen molar-refractivity contribution in [3.63, 3.8) is 0 Å². The molecule has 0 aliphatic carbocycles. The van der Waals surface area contributed by atoms with Crippen LogP contribution in [0.4, 0.5) is 5.69 Å². The molecule has 4 rings (SSSR count). The van der Waals surface area contributed by atoms with Crippen molar-refractivity contribution in [1.29, 1.82) is 0 Å². The van der Waals surface area contributed by atoms with E-state index in [1.807, 2.05) is 59.3 Å². The maximum atomic E-state index is 13.2. The summed E-state index contributed by atoms with van der Waals surface area (Å²) in [4.78, 5) is 32.0. The number of benzene rings is 1. The van der Waals surface area contributed by atoms with Gasteiger partial charge in [-0.15, -0.1) is 0 Å². The number of piperazine rings is 1. The molecule has 0 unspecified atom stereocenters. The summed E-state index contributed by atoms with van der Waals surface area (Å²) in [6, 6.07) is 15.7. The minimum absolute atomic E-state index is 0.0832. The van der Waals surface area contributed by atoms with Gasteiger partial charge < -0.3 is 28.4 Å². The Kier molecular flexibility index (Phi) is 9.74. The number of anilines is 1. The number of hydrogen-bond acceptors (Lipinski definition) is 5. The number of nitrogens with zero attached hydrogens (tertiary/aromatic N) is 4. The molecule has 3 heterocycles. The van der Waals surface area contributed by atoms with E-state index in [1.165, 1.54) is 0 Å². The summed E-state index contributed by atoms with van der Waals surface area (Å²) in [7, 11) is 0. The lowest BCUT2D eigenvalue weighted by molar-refractivity contribution is -0.132. The molecule has 1 saturated heterocycles. The van der Waals surface area contributed by atoms with E-state index in [1.54, 1.807) is 6.07 Å². The van der Waals surface area contributed by atoms with Crippen LogP contribution in [-0.2, 0) is 17.9 Å². The SMILES string of the molecule is CCCN(Cc1cccn1Cc1ccc(C(=O)N2CCN(c3ccccc3OCC)CC2)o1)C(=O)CC(C)C. The molecule has 0 atom stereocenters. The van der Waals surface area contributed by atoms with Crippen LogP contribution in [0.15, 0.2) is 59.1 Å². The Morgan fingerprint density at radius 1 is 1.00 bits per heavy atom. The smallest absolute Gasteiger partial charge is 0.289 e. The van der Waals surface area contributed by atoms with Crippen LogP contribution in [0.2, 0.25) is 0 Å². The summed E-state index contributed by atoms with van der Waals surface area (Å²) < 4.78 is 13.9. The van der Waals surface area contributed by atoms with Crippen molar-refractivity contribution in [3.05, 3.63) is 71.9 Å². The van der Waals surface area contributed by atoms with E-state index in [9.17, 15) is 9.59 Å². The predicted molar refractivity (Wildman–Crippen MR) is 153 cm³/mol. The van der Waals surface area contributed by atoms with Gasteiger partial charge in [-0.2, -0.15) is 0 Å². The molecule has 2 aromatic heterocycles. The van der Waals surface area contributed by atoms with Crippen LogP contribution in [-0.4, -0.2) is 65.5 Å². The number of aromatic nitrogens is 1. The first-order valence-corrected chi connectivity index (χ1v) is 14.2. The lowest BCUT2D eigenvalue weighted by Crippen LogP contribution is -2.48. The van der Waals surface area contributed by atoms with Crippen molar-refractivity contribution in [1.82, 2.24) is 14.4 Å². The third-order valence-electron chi connectivity index (χ3n) is 6.98. The molecule has 0 spiro atoms. The molecule has 3 aromatic rings. The Balaban J connectivity index is 1.36. The molecule has 0 N–H and O–H groups in total. The zero-order chi connectivity index (χ0) is 27.8. The number of carbonyl (C=O) groups is 2. The maximum Gasteiger partial charge on any atom is 0.289 e. The van der Waals surface area contributed by atoms with Crippen LogP contribution in [0, 0.1) is 5.92 Å². The van der Waals surface area contributed by atoms with Gasteiger partial charge in [0.1, 0.15) is 11.5 Å². The third-order valence-corrected chi connectivity index (χ3v) is 6.98. The van der Waals surface area contributed by atoms with Crippen LogP contribution in [0.25, 0.3) is 0 Å². The van der Waals surface area contributed by atoms with Crippen LogP contribution in [0.3, 0.4) is 0 Å². The summed E-state index contributed by atoms with van der Waals surface area (Å²) in [5.74, 6) is 2.39. The predicted octanol–water partition coefficient (Wildman–Crippen LogP) is 5.28. The number of para-hydroxylation sites is 2. The maximum absolute atomic E-state index is 13.2. The second-order valence-electron chi connectivity index (χ2n) is 10.5. The zero-order valence-electron chi connectivity index (χ0n) is 23.8. The number of hydrogen-bond donors (Lipinski definition) is 0. The van der Waals surface area contributed by atoms with Gasteiger partial charge in [0, 0.05) is 51.0 Å². The van der Waals surface area contributed by atoms with E-state index in [0.717, 1.165) is 48.9 Å². The minimum Gasteiger partial charge on any atom is -0.492 e. The van der Waals surface area contributed by atoms with Crippen molar-refractivity contribution in [2.24, 2.45) is 5.92 Å². The summed E-state index contributed by atoms with van der Waals surface area (Å²) in [6.07, 6.45) is 3.47. The van der Waals surface area contributed by atoms with E-state index in [2.05, 4.69) is 36.3 Å². The van der Waals surface area contributed by atoms with Gasteiger partial charge in [-0.1, -0.05) is 32.9 Å². The Morgan fingerprint density at radius 3 is 2.49 bits per heavy atom. The van der Waals surface area contributed by atoms with Crippen LogP contribution in [0.1, 0.15) is 62.5 Å². The number of carbonyl (C=O) groups excluding carboxylic acids is 2. The first kappa shape index (κ1) is 28.3. The van der Waals surface area contributed by atoms with Gasteiger partial charge >= 0.3 is 0 Å². The molecule has 1 aliphatic rings.